The van der Waals surface area contributed by atoms with Crippen molar-refractivity contribution in [3.05, 3.63) is 53.9 Å². The molecule has 1 atom stereocenters. The Hall–Kier alpha value is -1.65. The first-order valence-electron chi connectivity index (χ1n) is 7.78. The lowest BCUT2D eigenvalue weighted by Crippen LogP contribution is -2.31. The molecular formula is C17H23N3O. The highest BCUT2D eigenvalue weighted by molar-refractivity contribution is 5.15. The van der Waals surface area contributed by atoms with Crippen molar-refractivity contribution < 1.29 is 4.74 Å². The van der Waals surface area contributed by atoms with Gasteiger partial charge in [-0.1, -0.05) is 30.3 Å². The molecule has 1 N–H and O–H groups in total. The average Bonchev–Trinajstić information content (AvgIpc) is 2.97. The van der Waals surface area contributed by atoms with E-state index in [4.69, 9.17) is 4.74 Å². The zero-order chi connectivity index (χ0) is 14.3. The van der Waals surface area contributed by atoms with Crippen molar-refractivity contribution in [1.82, 2.24) is 15.1 Å². The summed E-state index contributed by atoms with van der Waals surface area (Å²) in [5.41, 5.74) is 2.50. The molecule has 4 heteroatoms. The first-order valence-corrected chi connectivity index (χ1v) is 7.78. The Labute approximate surface area is 126 Å². The molecule has 1 fully saturated rings. The van der Waals surface area contributed by atoms with Crippen molar-refractivity contribution in [3.63, 3.8) is 0 Å². The molecule has 1 aliphatic rings. The van der Waals surface area contributed by atoms with Gasteiger partial charge in [0.15, 0.2) is 0 Å². The molecule has 1 aromatic heterocycles. The van der Waals surface area contributed by atoms with E-state index in [-0.39, 0.29) is 0 Å². The molecule has 0 bridgehead atoms. The van der Waals surface area contributed by atoms with Gasteiger partial charge in [-0.2, -0.15) is 5.10 Å². The zero-order valence-corrected chi connectivity index (χ0v) is 12.4. The van der Waals surface area contributed by atoms with Gasteiger partial charge in [0.2, 0.25) is 0 Å². The molecule has 2 aromatic rings. The van der Waals surface area contributed by atoms with Crippen molar-refractivity contribution >= 4 is 0 Å². The Kier molecular flexibility index (Phi) is 5.03. The van der Waals surface area contributed by atoms with Gasteiger partial charge >= 0.3 is 0 Å². The lowest BCUT2D eigenvalue weighted by Gasteiger charge is -2.22. The summed E-state index contributed by atoms with van der Waals surface area (Å²) in [4.78, 5) is 0. The van der Waals surface area contributed by atoms with Crippen LogP contribution in [-0.4, -0.2) is 29.0 Å². The number of rotatable bonds is 6. The summed E-state index contributed by atoms with van der Waals surface area (Å²) in [6.45, 7) is 3.53. The third-order valence-electron chi connectivity index (χ3n) is 3.85. The SMILES string of the molecule is c1ccc(Cn2cc(CNCC3CCCCO3)cn2)cc1. The summed E-state index contributed by atoms with van der Waals surface area (Å²) >= 11 is 0. The van der Waals surface area contributed by atoms with Gasteiger partial charge in [-0.15, -0.1) is 0 Å². The predicted octanol–water partition coefficient (Wildman–Crippen LogP) is 2.59. The van der Waals surface area contributed by atoms with Crippen molar-refractivity contribution in [2.75, 3.05) is 13.2 Å². The number of hydrogen-bond donors (Lipinski definition) is 1. The fraction of sp³-hybridized carbons (Fsp3) is 0.471. The number of aromatic nitrogens is 2. The molecule has 1 aliphatic heterocycles. The standard InChI is InChI=1S/C17H23N3O/c1-2-6-15(7-3-1)13-20-14-16(11-19-20)10-18-12-17-8-4-5-9-21-17/h1-3,6-7,11,14,17-18H,4-5,8-10,12-13H2. The highest BCUT2D eigenvalue weighted by Crippen LogP contribution is 2.11. The molecule has 3 rings (SSSR count). The van der Waals surface area contributed by atoms with E-state index in [0.717, 1.165) is 26.2 Å². The zero-order valence-electron chi connectivity index (χ0n) is 12.4. The second-order valence-corrected chi connectivity index (χ2v) is 5.65. The van der Waals surface area contributed by atoms with Crippen LogP contribution in [0.1, 0.15) is 30.4 Å². The molecule has 1 saturated heterocycles. The van der Waals surface area contributed by atoms with Crippen LogP contribution in [0.4, 0.5) is 0 Å². The summed E-state index contributed by atoms with van der Waals surface area (Å²) in [5.74, 6) is 0. The maximum Gasteiger partial charge on any atom is 0.0699 e. The number of ether oxygens (including phenoxy) is 1. The minimum atomic E-state index is 0.387. The molecule has 0 amide bonds. The van der Waals surface area contributed by atoms with Crippen LogP contribution >= 0.6 is 0 Å². The van der Waals surface area contributed by atoms with Crippen LogP contribution in [0.2, 0.25) is 0 Å². The Bertz CT molecular complexity index is 532. The lowest BCUT2D eigenvalue weighted by molar-refractivity contribution is 0.0168. The molecular weight excluding hydrogens is 262 g/mol. The van der Waals surface area contributed by atoms with Gasteiger partial charge in [0, 0.05) is 31.5 Å². The molecule has 2 heterocycles. The number of hydrogen-bond acceptors (Lipinski definition) is 3. The predicted molar refractivity (Wildman–Crippen MR) is 83.1 cm³/mol. The molecule has 0 aliphatic carbocycles. The summed E-state index contributed by atoms with van der Waals surface area (Å²) in [6, 6.07) is 10.4. The average molecular weight is 285 g/mol. The normalized spacial score (nSPS) is 18.8. The third kappa shape index (κ3) is 4.41. The van der Waals surface area contributed by atoms with Gasteiger partial charge in [0.1, 0.15) is 0 Å². The van der Waals surface area contributed by atoms with Gasteiger partial charge < -0.3 is 10.1 Å². The van der Waals surface area contributed by atoms with Crippen molar-refractivity contribution in [1.29, 1.82) is 0 Å². The minimum Gasteiger partial charge on any atom is -0.377 e. The van der Waals surface area contributed by atoms with Gasteiger partial charge in [0.05, 0.1) is 18.8 Å². The monoisotopic (exact) mass is 285 g/mol. The molecule has 21 heavy (non-hydrogen) atoms. The Morgan fingerprint density at radius 2 is 2.10 bits per heavy atom. The van der Waals surface area contributed by atoms with Gasteiger partial charge in [-0.05, 0) is 24.8 Å². The van der Waals surface area contributed by atoms with Gasteiger partial charge in [0.25, 0.3) is 0 Å². The van der Waals surface area contributed by atoms with Crippen molar-refractivity contribution in [2.45, 2.75) is 38.5 Å². The van der Waals surface area contributed by atoms with E-state index in [0.29, 0.717) is 6.10 Å². The molecule has 0 spiro atoms. The molecule has 112 valence electrons. The fourth-order valence-corrected chi connectivity index (χ4v) is 2.70. The van der Waals surface area contributed by atoms with E-state index in [1.54, 1.807) is 0 Å². The Morgan fingerprint density at radius 1 is 1.19 bits per heavy atom. The summed E-state index contributed by atoms with van der Waals surface area (Å²) < 4.78 is 7.71. The second-order valence-electron chi connectivity index (χ2n) is 5.65. The quantitative estimate of drug-likeness (QED) is 0.886. The van der Waals surface area contributed by atoms with Crippen molar-refractivity contribution in [2.24, 2.45) is 0 Å². The van der Waals surface area contributed by atoms with Crippen LogP contribution in [0, 0.1) is 0 Å². The van der Waals surface area contributed by atoms with E-state index in [2.05, 4.69) is 40.9 Å². The van der Waals surface area contributed by atoms with Crippen LogP contribution in [-0.2, 0) is 17.8 Å². The number of nitrogens with zero attached hydrogens (tertiary/aromatic N) is 2. The Morgan fingerprint density at radius 3 is 2.90 bits per heavy atom. The third-order valence-corrected chi connectivity index (χ3v) is 3.85. The minimum absolute atomic E-state index is 0.387. The highest BCUT2D eigenvalue weighted by atomic mass is 16.5. The molecule has 4 nitrogen and oxygen atoms in total. The van der Waals surface area contributed by atoms with E-state index in [1.165, 1.54) is 30.4 Å². The summed E-state index contributed by atoms with van der Waals surface area (Å²) in [6.07, 6.45) is 8.13. The molecule has 1 unspecified atom stereocenters. The summed E-state index contributed by atoms with van der Waals surface area (Å²) in [7, 11) is 0. The maximum absolute atomic E-state index is 5.72. The first kappa shape index (κ1) is 14.3. The van der Waals surface area contributed by atoms with Crippen molar-refractivity contribution in [3.8, 4) is 0 Å². The van der Waals surface area contributed by atoms with E-state index in [1.807, 2.05) is 16.9 Å². The second kappa shape index (κ2) is 7.38. The number of nitrogens with one attached hydrogen (secondary N) is 1. The van der Waals surface area contributed by atoms with Crippen LogP contribution < -0.4 is 5.32 Å². The summed E-state index contributed by atoms with van der Waals surface area (Å²) in [5, 5.41) is 7.89. The van der Waals surface area contributed by atoms with Crippen LogP contribution in [0.5, 0.6) is 0 Å². The topological polar surface area (TPSA) is 39.1 Å². The molecule has 0 saturated carbocycles. The fourth-order valence-electron chi connectivity index (χ4n) is 2.70. The van der Waals surface area contributed by atoms with Crippen LogP contribution in [0.25, 0.3) is 0 Å². The van der Waals surface area contributed by atoms with E-state index < -0.39 is 0 Å². The van der Waals surface area contributed by atoms with E-state index in [9.17, 15) is 0 Å². The van der Waals surface area contributed by atoms with Gasteiger partial charge in [-0.3, -0.25) is 4.68 Å². The highest BCUT2D eigenvalue weighted by Gasteiger charge is 2.12. The molecule has 1 aromatic carbocycles. The smallest absolute Gasteiger partial charge is 0.0699 e. The van der Waals surface area contributed by atoms with Crippen LogP contribution in [0.3, 0.4) is 0 Å². The van der Waals surface area contributed by atoms with Gasteiger partial charge in [-0.25, -0.2) is 0 Å². The molecule has 0 radical (unpaired) electrons. The largest absolute Gasteiger partial charge is 0.377 e. The first-order chi connectivity index (χ1) is 10.4. The van der Waals surface area contributed by atoms with E-state index >= 15 is 0 Å². The van der Waals surface area contributed by atoms with Crippen LogP contribution in [0.15, 0.2) is 42.7 Å². The number of benzene rings is 1. The Balaban J connectivity index is 1.44. The lowest BCUT2D eigenvalue weighted by atomic mass is 10.1. The maximum atomic E-state index is 5.72.